The van der Waals surface area contributed by atoms with E-state index in [1.165, 1.54) is 4.90 Å². The first-order valence-corrected chi connectivity index (χ1v) is 15.3. The Hall–Kier alpha value is -3.85. The van der Waals surface area contributed by atoms with Gasteiger partial charge in [0.2, 0.25) is 21.8 Å². The Morgan fingerprint density at radius 2 is 1.57 bits per heavy atom. The van der Waals surface area contributed by atoms with Crippen LogP contribution in [0, 0.1) is 6.92 Å². The fourth-order valence-electron chi connectivity index (χ4n) is 4.38. The molecule has 0 aliphatic heterocycles. The molecule has 0 saturated carbocycles. The summed E-state index contributed by atoms with van der Waals surface area (Å²) in [5, 5.41) is 2.94. The van der Waals surface area contributed by atoms with Crippen LogP contribution in [0.15, 0.2) is 78.9 Å². The highest BCUT2D eigenvalue weighted by atomic mass is 32.2. The van der Waals surface area contributed by atoms with Gasteiger partial charge in [-0.25, -0.2) is 8.42 Å². The summed E-state index contributed by atoms with van der Waals surface area (Å²) in [6, 6.07) is 22.9. The molecule has 8 nitrogen and oxygen atoms in total. The van der Waals surface area contributed by atoms with Gasteiger partial charge in [-0.2, -0.15) is 0 Å². The normalized spacial score (nSPS) is 11.9. The molecule has 1 atom stereocenters. The third-order valence-electron chi connectivity index (χ3n) is 6.54. The number of rotatable bonds is 14. The lowest BCUT2D eigenvalue weighted by Crippen LogP contribution is -2.53. The van der Waals surface area contributed by atoms with Crippen molar-refractivity contribution in [2.75, 3.05) is 30.3 Å². The molecule has 1 N–H and O–H groups in total. The maximum atomic E-state index is 14.1. The van der Waals surface area contributed by atoms with Crippen molar-refractivity contribution in [3.8, 4) is 5.75 Å². The number of aryl methyl sites for hydroxylation is 1. The quantitative estimate of drug-likeness (QED) is 0.314. The van der Waals surface area contributed by atoms with Crippen LogP contribution in [0.5, 0.6) is 5.75 Å². The van der Waals surface area contributed by atoms with Gasteiger partial charge in [0.15, 0.2) is 0 Å². The van der Waals surface area contributed by atoms with Crippen molar-refractivity contribution in [2.24, 2.45) is 0 Å². The lowest BCUT2D eigenvalue weighted by molar-refractivity contribution is -0.140. The van der Waals surface area contributed by atoms with E-state index in [2.05, 4.69) is 5.32 Å². The number of hydrogen-bond donors (Lipinski definition) is 1. The highest BCUT2D eigenvalue weighted by molar-refractivity contribution is 7.92. The van der Waals surface area contributed by atoms with Crippen LogP contribution in [0.1, 0.15) is 37.0 Å². The maximum absolute atomic E-state index is 14.1. The van der Waals surface area contributed by atoms with Gasteiger partial charge in [0.25, 0.3) is 0 Å². The van der Waals surface area contributed by atoms with E-state index in [4.69, 9.17) is 4.74 Å². The molecule has 0 aliphatic carbocycles. The molecular formula is C31H39N3O5S. The number of anilines is 1. The van der Waals surface area contributed by atoms with Gasteiger partial charge in [-0.05, 0) is 61.2 Å². The van der Waals surface area contributed by atoms with E-state index in [0.717, 1.165) is 33.7 Å². The molecule has 0 saturated heterocycles. The molecule has 3 aromatic rings. The average molecular weight is 566 g/mol. The summed E-state index contributed by atoms with van der Waals surface area (Å²) in [6.45, 7) is 6.42. The summed E-state index contributed by atoms with van der Waals surface area (Å²) in [5.74, 6) is -0.155. The fraction of sp³-hybridized carbons (Fsp3) is 0.355. The number of sulfonamides is 1. The van der Waals surface area contributed by atoms with Crippen LogP contribution < -0.4 is 14.4 Å². The molecular weight excluding hydrogens is 526 g/mol. The van der Waals surface area contributed by atoms with Gasteiger partial charge in [-0.1, -0.05) is 61.5 Å². The van der Waals surface area contributed by atoms with Crippen molar-refractivity contribution in [2.45, 2.75) is 46.2 Å². The Balaban J connectivity index is 2.03. The minimum absolute atomic E-state index is 0.156. The largest absolute Gasteiger partial charge is 0.494 e. The number of nitrogens with one attached hydrogen (secondary N) is 1. The topological polar surface area (TPSA) is 96.0 Å². The molecule has 0 aliphatic rings. The minimum atomic E-state index is -3.83. The number of carbonyl (C=O) groups is 2. The molecule has 214 valence electrons. The lowest BCUT2D eigenvalue weighted by Gasteiger charge is -2.34. The van der Waals surface area contributed by atoms with E-state index in [9.17, 15) is 18.0 Å². The van der Waals surface area contributed by atoms with Crippen LogP contribution in [0.25, 0.3) is 0 Å². The van der Waals surface area contributed by atoms with Crippen molar-refractivity contribution < 1.29 is 22.7 Å². The summed E-state index contributed by atoms with van der Waals surface area (Å²) in [4.78, 5) is 29.1. The van der Waals surface area contributed by atoms with Gasteiger partial charge < -0.3 is 15.0 Å². The summed E-state index contributed by atoms with van der Waals surface area (Å²) in [5.41, 5.74) is 3.08. The monoisotopic (exact) mass is 565 g/mol. The molecule has 0 aromatic heterocycles. The second kappa shape index (κ2) is 14.5. The van der Waals surface area contributed by atoms with Gasteiger partial charge in [-0.15, -0.1) is 0 Å². The maximum Gasteiger partial charge on any atom is 0.244 e. The Morgan fingerprint density at radius 1 is 0.925 bits per heavy atom. The van der Waals surface area contributed by atoms with Crippen molar-refractivity contribution in [1.82, 2.24) is 10.2 Å². The third kappa shape index (κ3) is 8.58. The Kier molecular flexibility index (Phi) is 11.1. The molecule has 0 spiro atoms. The first-order chi connectivity index (χ1) is 19.1. The molecule has 0 heterocycles. The van der Waals surface area contributed by atoms with Crippen LogP contribution in [-0.2, 0) is 32.6 Å². The van der Waals surface area contributed by atoms with E-state index < -0.39 is 28.5 Å². The van der Waals surface area contributed by atoms with Crippen LogP contribution >= 0.6 is 0 Å². The van der Waals surface area contributed by atoms with Gasteiger partial charge in [0.05, 0.1) is 18.6 Å². The van der Waals surface area contributed by atoms with Gasteiger partial charge in [-0.3, -0.25) is 13.9 Å². The lowest BCUT2D eigenvalue weighted by atomic mass is 10.0. The molecule has 0 bridgehead atoms. The first-order valence-electron chi connectivity index (χ1n) is 13.5. The highest BCUT2D eigenvalue weighted by Gasteiger charge is 2.33. The molecule has 0 radical (unpaired) electrons. The Morgan fingerprint density at radius 3 is 2.17 bits per heavy atom. The molecule has 0 fully saturated rings. The smallest absolute Gasteiger partial charge is 0.244 e. The number of nitrogens with zero attached hydrogens (tertiary/aromatic N) is 2. The predicted molar refractivity (Wildman–Crippen MR) is 159 cm³/mol. The zero-order valence-corrected chi connectivity index (χ0v) is 24.5. The number of hydrogen-bond acceptors (Lipinski definition) is 5. The number of carbonyl (C=O) groups excluding carboxylic acids is 2. The van der Waals surface area contributed by atoms with Crippen molar-refractivity contribution >= 4 is 27.5 Å². The zero-order valence-electron chi connectivity index (χ0n) is 23.7. The average Bonchev–Trinajstić information content (AvgIpc) is 2.93. The van der Waals surface area contributed by atoms with E-state index in [1.807, 2.05) is 75.4 Å². The van der Waals surface area contributed by atoms with E-state index in [1.54, 1.807) is 24.3 Å². The summed E-state index contributed by atoms with van der Waals surface area (Å²) in [6.07, 6.45) is 2.10. The summed E-state index contributed by atoms with van der Waals surface area (Å²) < 4.78 is 32.3. The zero-order chi connectivity index (χ0) is 29.1. The summed E-state index contributed by atoms with van der Waals surface area (Å²) in [7, 11) is -3.83. The van der Waals surface area contributed by atoms with Gasteiger partial charge >= 0.3 is 0 Å². The molecule has 2 amide bonds. The van der Waals surface area contributed by atoms with Crippen molar-refractivity contribution in [3.05, 3.63) is 95.6 Å². The van der Waals surface area contributed by atoms with Gasteiger partial charge in [0.1, 0.15) is 18.3 Å². The Bertz CT molecular complexity index is 1360. The van der Waals surface area contributed by atoms with E-state index in [0.29, 0.717) is 24.6 Å². The van der Waals surface area contributed by atoms with Gasteiger partial charge in [0, 0.05) is 19.5 Å². The fourth-order valence-corrected chi connectivity index (χ4v) is 5.23. The van der Waals surface area contributed by atoms with E-state index >= 15 is 0 Å². The molecule has 3 aromatic carbocycles. The first kappa shape index (κ1) is 30.7. The van der Waals surface area contributed by atoms with Crippen LogP contribution in [-0.4, -0.2) is 57.1 Å². The number of amides is 2. The minimum Gasteiger partial charge on any atom is -0.494 e. The van der Waals surface area contributed by atoms with Crippen LogP contribution in [0.2, 0.25) is 0 Å². The van der Waals surface area contributed by atoms with Crippen molar-refractivity contribution in [3.63, 3.8) is 0 Å². The number of ether oxygens (including phenoxy) is 1. The van der Waals surface area contributed by atoms with E-state index in [-0.39, 0.29) is 18.9 Å². The van der Waals surface area contributed by atoms with Crippen LogP contribution in [0.3, 0.4) is 0 Å². The second-order valence-electron chi connectivity index (χ2n) is 9.64. The molecule has 40 heavy (non-hydrogen) atoms. The third-order valence-corrected chi connectivity index (χ3v) is 7.68. The molecule has 1 unspecified atom stereocenters. The van der Waals surface area contributed by atoms with Crippen LogP contribution in [0.4, 0.5) is 5.69 Å². The highest BCUT2D eigenvalue weighted by Crippen LogP contribution is 2.23. The predicted octanol–water partition coefficient (Wildman–Crippen LogP) is 4.33. The second-order valence-corrected chi connectivity index (χ2v) is 11.5. The summed E-state index contributed by atoms with van der Waals surface area (Å²) >= 11 is 0. The standard InChI is InChI=1S/C31H39N3O5S/c1-5-20-32-31(36)29(21-25-13-8-7-9-14-25)33(22-26-15-11-10-12-24(26)3)30(35)23-34(40(4,37)38)27-16-18-28(19-17-27)39-6-2/h7-19,29H,5-6,20-23H2,1-4H3,(H,32,36). The van der Waals surface area contributed by atoms with Crippen molar-refractivity contribution in [1.29, 1.82) is 0 Å². The Labute approximate surface area is 238 Å². The molecule has 3 rings (SSSR count). The number of benzene rings is 3. The SMILES string of the molecule is CCCNC(=O)C(Cc1ccccc1)N(Cc1ccccc1C)C(=O)CN(c1ccc(OCC)cc1)S(C)(=O)=O. The molecule has 9 heteroatoms.